The summed E-state index contributed by atoms with van der Waals surface area (Å²) in [4.78, 5) is 26.1. The van der Waals surface area contributed by atoms with Gasteiger partial charge in [0.1, 0.15) is 0 Å². The number of methoxy groups -OCH3 is 1. The van der Waals surface area contributed by atoms with Gasteiger partial charge in [0.15, 0.2) is 0 Å². The third-order valence-electron chi connectivity index (χ3n) is 4.98. The molecule has 1 spiro atoms. The minimum Gasteiger partial charge on any atom is -0.465 e. The van der Waals surface area contributed by atoms with E-state index >= 15 is 0 Å². The summed E-state index contributed by atoms with van der Waals surface area (Å²) in [7, 11) is 3.30. The molecule has 1 heterocycles. The van der Waals surface area contributed by atoms with Crippen LogP contribution in [0.25, 0.3) is 0 Å². The van der Waals surface area contributed by atoms with Crippen molar-refractivity contribution in [3.8, 4) is 0 Å². The van der Waals surface area contributed by atoms with Crippen molar-refractivity contribution in [2.75, 3.05) is 20.7 Å². The molecule has 3 rings (SSSR count). The molecule has 1 aromatic rings. The first-order chi connectivity index (χ1) is 10.1. The summed E-state index contributed by atoms with van der Waals surface area (Å²) in [6, 6.07) is 5.72. The van der Waals surface area contributed by atoms with E-state index < -0.39 is 0 Å². The van der Waals surface area contributed by atoms with E-state index in [-0.39, 0.29) is 17.3 Å². The highest BCUT2D eigenvalue weighted by atomic mass is 16.5. The van der Waals surface area contributed by atoms with Gasteiger partial charge < -0.3 is 9.64 Å². The third kappa shape index (κ3) is 2.33. The van der Waals surface area contributed by atoms with Crippen molar-refractivity contribution in [3.05, 3.63) is 34.9 Å². The lowest BCUT2D eigenvalue weighted by molar-refractivity contribution is -0.145. The maximum absolute atomic E-state index is 12.6. The fourth-order valence-corrected chi connectivity index (χ4v) is 3.77. The van der Waals surface area contributed by atoms with Crippen LogP contribution in [0.1, 0.15) is 40.7 Å². The summed E-state index contributed by atoms with van der Waals surface area (Å²) >= 11 is 0. The monoisotopic (exact) mass is 287 g/mol. The van der Waals surface area contributed by atoms with Gasteiger partial charge in [-0.25, -0.2) is 4.79 Å². The number of hydrogen-bond donors (Lipinski definition) is 0. The number of fused-ring (bicyclic) bond motifs is 1. The van der Waals surface area contributed by atoms with E-state index in [9.17, 15) is 9.59 Å². The van der Waals surface area contributed by atoms with Gasteiger partial charge >= 0.3 is 5.97 Å². The van der Waals surface area contributed by atoms with Gasteiger partial charge in [-0.3, -0.25) is 4.79 Å². The Morgan fingerprint density at radius 3 is 2.86 bits per heavy atom. The minimum atomic E-state index is -0.299. The Kier molecular flexibility index (Phi) is 3.47. The van der Waals surface area contributed by atoms with Crippen LogP contribution in [-0.4, -0.2) is 37.5 Å². The molecule has 0 radical (unpaired) electrons. The molecule has 0 N–H and O–H groups in total. The highest BCUT2D eigenvalue weighted by molar-refractivity contribution is 5.90. The van der Waals surface area contributed by atoms with Crippen molar-refractivity contribution < 1.29 is 14.3 Å². The molecule has 1 amide bonds. The van der Waals surface area contributed by atoms with Crippen LogP contribution in [0.3, 0.4) is 0 Å². The first-order valence-electron chi connectivity index (χ1n) is 7.51. The van der Waals surface area contributed by atoms with Gasteiger partial charge in [-0.2, -0.15) is 0 Å². The Morgan fingerprint density at radius 2 is 2.10 bits per heavy atom. The smallest absolute Gasteiger partial charge is 0.337 e. The molecule has 2 aliphatic rings. The predicted octanol–water partition coefficient (Wildman–Crippen LogP) is 2.20. The predicted molar refractivity (Wildman–Crippen MR) is 79.1 cm³/mol. The molecule has 1 atom stereocenters. The quantitative estimate of drug-likeness (QED) is 0.744. The molecule has 0 unspecified atom stereocenters. The van der Waals surface area contributed by atoms with E-state index in [1.807, 2.05) is 24.1 Å². The van der Waals surface area contributed by atoms with E-state index in [1.165, 1.54) is 18.2 Å². The van der Waals surface area contributed by atoms with Crippen molar-refractivity contribution in [2.45, 2.75) is 32.1 Å². The van der Waals surface area contributed by atoms with Crippen LogP contribution >= 0.6 is 0 Å². The van der Waals surface area contributed by atoms with E-state index in [2.05, 4.69) is 0 Å². The number of piperidine rings is 1. The Labute approximate surface area is 125 Å². The molecular weight excluding hydrogens is 266 g/mol. The summed E-state index contributed by atoms with van der Waals surface area (Å²) in [5.74, 6) is -0.0111. The Hall–Kier alpha value is -1.84. The van der Waals surface area contributed by atoms with Gasteiger partial charge in [0.05, 0.1) is 18.1 Å². The number of benzene rings is 1. The van der Waals surface area contributed by atoms with Crippen molar-refractivity contribution in [1.29, 1.82) is 0 Å². The number of ether oxygens (including phenoxy) is 1. The second-order valence-corrected chi connectivity index (χ2v) is 6.26. The molecule has 1 saturated heterocycles. The van der Waals surface area contributed by atoms with Crippen molar-refractivity contribution in [2.24, 2.45) is 5.41 Å². The minimum absolute atomic E-state index is 0.215. The second-order valence-electron chi connectivity index (χ2n) is 6.26. The van der Waals surface area contributed by atoms with Gasteiger partial charge in [-0.15, -0.1) is 0 Å². The zero-order chi connectivity index (χ0) is 15.0. The van der Waals surface area contributed by atoms with E-state index in [4.69, 9.17) is 4.74 Å². The molecule has 4 heteroatoms. The van der Waals surface area contributed by atoms with Crippen LogP contribution in [0.15, 0.2) is 18.2 Å². The van der Waals surface area contributed by atoms with Crippen molar-refractivity contribution in [1.82, 2.24) is 4.90 Å². The number of carbonyl (C=O) groups is 2. The molecule has 0 bridgehead atoms. The Balaban J connectivity index is 1.89. The first-order valence-corrected chi connectivity index (χ1v) is 7.51. The summed E-state index contributed by atoms with van der Waals surface area (Å²) in [5, 5.41) is 0. The first kappa shape index (κ1) is 14.1. The summed E-state index contributed by atoms with van der Waals surface area (Å²) in [6.07, 6.45) is 4.60. The third-order valence-corrected chi connectivity index (χ3v) is 4.98. The molecule has 0 saturated carbocycles. The Bertz CT molecular complexity index is 596. The largest absolute Gasteiger partial charge is 0.465 e. The lowest BCUT2D eigenvalue weighted by Gasteiger charge is -2.43. The summed E-state index contributed by atoms with van der Waals surface area (Å²) < 4.78 is 4.77. The Morgan fingerprint density at radius 1 is 1.29 bits per heavy atom. The van der Waals surface area contributed by atoms with Crippen LogP contribution in [-0.2, 0) is 22.4 Å². The van der Waals surface area contributed by atoms with Crippen LogP contribution in [0, 0.1) is 5.41 Å². The van der Waals surface area contributed by atoms with E-state index in [0.717, 1.165) is 38.6 Å². The number of rotatable bonds is 1. The number of carbonyl (C=O) groups excluding carboxylic acids is 2. The zero-order valence-corrected chi connectivity index (χ0v) is 12.6. The van der Waals surface area contributed by atoms with Crippen molar-refractivity contribution in [3.63, 3.8) is 0 Å². The lowest BCUT2D eigenvalue weighted by atomic mass is 9.66. The zero-order valence-electron chi connectivity index (χ0n) is 12.6. The topological polar surface area (TPSA) is 46.6 Å². The maximum Gasteiger partial charge on any atom is 0.337 e. The normalized spacial score (nSPS) is 24.9. The molecule has 1 aromatic carbocycles. The molecular formula is C17H21NO3. The van der Waals surface area contributed by atoms with Gasteiger partial charge in [-0.1, -0.05) is 6.07 Å². The number of aryl methyl sites for hydroxylation is 1. The van der Waals surface area contributed by atoms with Crippen LogP contribution < -0.4 is 0 Å². The molecule has 21 heavy (non-hydrogen) atoms. The molecule has 112 valence electrons. The fourth-order valence-electron chi connectivity index (χ4n) is 3.77. The molecule has 0 aromatic heterocycles. The average Bonchev–Trinajstić information content (AvgIpc) is 2.51. The number of likely N-dealkylation sites (tertiary alicyclic amines) is 1. The van der Waals surface area contributed by atoms with E-state index in [1.54, 1.807) is 6.07 Å². The number of hydrogen-bond acceptors (Lipinski definition) is 3. The van der Waals surface area contributed by atoms with Crippen molar-refractivity contribution >= 4 is 11.9 Å². The highest BCUT2D eigenvalue weighted by Gasteiger charge is 2.44. The molecule has 1 aliphatic carbocycles. The maximum atomic E-state index is 12.6. The number of amides is 1. The summed E-state index contributed by atoms with van der Waals surface area (Å²) in [6.45, 7) is 0.870. The number of esters is 1. The lowest BCUT2D eigenvalue weighted by Crippen LogP contribution is -2.49. The van der Waals surface area contributed by atoms with E-state index in [0.29, 0.717) is 5.56 Å². The number of nitrogens with zero attached hydrogens (tertiary/aromatic N) is 1. The SMILES string of the molecule is COC(=O)c1ccc2c(c1)CC[C@]1(CCCN(C)C1=O)C2. The summed E-state index contributed by atoms with van der Waals surface area (Å²) in [5.41, 5.74) is 2.77. The van der Waals surface area contributed by atoms with Crippen LogP contribution in [0.2, 0.25) is 0 Å². The molecule has 4 nitrogen and oxygen atoms in total. The van der Waals surface area contributed by atoms with Crippen LogP contribution in [0.5, 0.6) is 0 Å². The second kappa shape index (κ2) is 5.17. The van der Waals surface area contributed by atoms with Gasteiger partial charge in [-0.05, 0) is 55.4 Å². The molecule has 1 aliphatic heterocycles. The average molecular weight is 287 g/mol. The standard InChI is InChI=1S/C17H21NO3/c1-18-9-3-7-17(16(18)20)8-6-12-10-13(15(19)21-2)4-5-14(12)11-17/h4-5,10H,3,6-9,11H2,1-2H3/t17-/m1/s1. The van der Waals surface area contributed by atoms with Crippen LogP contribution in [0.4, 0.5) is 0 Å². The highest BCUT2D eigenvalue weighted by Crippen LogP contribution is 2.43. The van der Waals surface area contributed by atoms with Gasteiger partial charge in [0.2, 0.25) is 5.91 Å². The van der Waals surface area contributed by atoms with Gasteiger partial charge in [0, 0.05) is 13.6 Å². The fraction of sp³-hybridized carbons (Fsp3) is 0.529. The van der Waals surface area contributed by atoms with Gasteiger partial charge in [0.25, 0.3) is 0 Å². The molecule has 1 fully saturated rings.